The minimum absolute atomic E-state index is 0.0347. The van der Waals surface area contributed by atoms with Crippen LogP contribution in [0.5, 0.6) is 0 Å². The molecular formula is C13H10F6N2O2. The summed E-state index contributed by atoms with van der Waals surface area (Å²) in [5, 5.41) is 4.24. The predicted octanol–water partition coefficient (Wildman–Crippen LogP) is 2.94. The van der Waals surface area contributed by atoms with Crippen molar-refractivity contribution in [1.82, 2.24) is 5.32 Å². The molecule has 0 spiro atoms. The highest BCUT2D eigenvalue weighted by Gasteiger charge is 2.37. The summed E-state index contributed by atoms with van der Waals surface area (Å²) >= 11 is 0. The smallest absolute Gasteiger partial charge is 0.344 e. The molecule has 1 heterocycles. The number of carbonyl (C=O) groups is 2. The van der Waals surface area contributed by atoms with Crippen LogP contribution in [0.3, 0.4) is 0 Å². The maximum atomic E-state index is 12.7. The minimum atomic E-state index is -5.00. The van der Waals surface area contributed by atoms with E-state index in [0.29, 0.717) is 12.1 Å². The Hall–Kier alpha value is -2.26. The molecule has 2 amide bonds. The molecule has 0 saturated carbocycles. The minimum Gasteiger partial charge on any atom is -0.344 e. The Morgan fingerprint density at radius 3 is 1.96 bits per heavy atom. The van der Waals surface area contributed by atoms with Gasteiger partial charge in [0.2, 0.25) is 11.8 Å². The van der Waals surface area contributed by atoms with Crippen LogP contribution in [-0.2, 0) is 21.9 Å². The molecule has 126 valence electrons. The Bertz CT molecular complexity index is 606. The van der Waals surface area contributed by atoms with Gasteiger partial charge in [0.15, 0.2) is 0 Å². The Kier molecular flexibility index (Phi) is 4.27. The van der Waals surface area contributed by atoms with E-state index in [-0.39, 0.29) is 18.9 Å². The molecule has 1 atom stereocenters. The topological polar surface area (TPSA) is 58.2 Å². The molecule has 1 unspecified atom stereocenters. The summed E-state index contributed by atoms with van der Waals surface area (Å²) in [5.74, 6) is -1.28. The van der Waals surface area contributed by atoms with Gasteiger partial charge in [0, 0.05) is 12.1 Å². The molecule has 0 aliphatic carbocycles. The summed E-state index contributed by atoms with van der Waals surface area (Å²) in [4.78, 5) is 22.8. The summed E-state index contributed by atoms with van der Waals surface area (Å²) in [6.07, 6.45) is -9.81. The van der Waals surface area contributed by atoms with E-state index in [1.165, 1.54) is 0 Å². The van der Waals surface area contributed by atoms with E-state index in [2.05, 4.69) is 5.32 Å². The van der Waals surface area contributed by atoms with E-state index in [9.17, 15) is 35.9 Å². The Balaban J connectivity index is 2.30. The normalized spacial score (nSPS) is 18.7. The van der Waals surface area contributed by atoms with E-state index in [1.807, 2.05) is 5.32 Å². The maximum absolute atomic E-state index is 12.7. The fourth-order valence-corrected chi connectivity index (χ4v) is 2.07. The van der Waals surface area contributed by atoms with E-state index in [0.717, 1.165) is 0 Å². The maximum Gasteiger partial charge on any atom is 0.416 e. The van der Waals surface area contributed by atoms with Crippen molar-refractivity contribution in [3.63, 3.8) is 0 Å². The molecule has 0 bridgehead atoms. The molecule has 23 heavy (non-hydrogen) atoms. The van der Waals surface area contributed by atoms with Crippen LogP contribution in [0.2, 0.25) is 0 Å². The fraction of sp³-hybridized carbons (Fsp3) is 0.385. The molecule has 2 N–H and O–H groups in total. The summed E-state index contributed by atoms with van der Waals surface area (Å²) in [6.45, 7) is 0. The van der Waals surface area contributed by atoms with Crippen LogP contribution in [0.4, 0.5) is 32.0 Å². The average molecular weight is 340 g/mol. The number of carbonyl (C=O) groups excluding carboxylic acids is 2. The Labute approximate surface area is 125 Å². The summed E-state index contributed by atoms with van der Waals surface area (Å²) in [5.41, 5.74) is -3.70. The third-order valence-corrected chi connectivity index (χ3v) is 3.17. The van der Waals surface area contributed by atoms with Crippen molar-refractivity contribution in [2.75, 3.05) is 5.32 Å². The monoisotopic (exact) mass is 340 g/mol. The standard InChI is InChI=1S/C13H10F6N2O2/c14-12(15,16)6-3-7(13(17,18)19)5-8(4-6)20-11(23)9-1-2-10(22)21-9/h3-5,9H,1-2H2,(H,20,23)(H,21,22). The first-order chi connectivity index (χ1) is 10.5. The number of benzene rings is 1. The van der Waals surface area contributed by atoms with Crippen LogP contribution in [-0.4, -0.2) is 17.9 Å². The van der Waals surface area contributed by atoms with Gasteiger partial charge in [0.1, 0.15) is 6.04 Å². The lowest BCUT2D eigenvalue weighted by atomic mass is 10.1. The molecule has 1 aliphatic rings. The van der Waals surface area contributed by atoms with Gasteiger partial charge in [-0.25, -0.2) is 0 Å². The number of nitrogens with one attached hydrogen (secondary N) is 2. The van der Waals surface area contributed by atoms with Crippen LogP contribution in [0.25, 0.3) is 0 Å². The van der Waals surface area contributed by atoms with Crippen LogP contribution < -0.4 is 10.6 Å². The first-order valence-corrected chi connectivity index (χ1v) is 6.36. The van der Waals surface area contributed by atoms with Crippen molar-refractivity contribution < 1.29 is 35.9 Å². The van der Waals surface area contributed by atoms with Crippen LogP contribution in [0.1, 0.15) is 24.0 Å². The third kappa shape index (κ3) is 4.14. The number of amides is 2. The van der Waals surface area contributed by atoms with Gasteiger partial charge in [-0.2, -0.15) is 26.3 Å². The lowest BCUT2D eigenvalue weighted by Crippen LogP contribution is -2.37. The van der Waals surface area contributed by atoms with E-state index >= 15 is 0 Å². The number of hydrogen-bond acceptors (Lipinski definition) is 2. The Morgan fingerprint density at radius 2 is 1.57 bits per heavy atom. The first-order valence-electron chi connectivity index (χ1n) is 6.36. The average Bonchev–Trinajstić information content (AvgIpc) is 2.83. The number of alkyl halides is 6. The van der Waals surface area contributed by atoms with E-state index < -0.39 is 47.0 Å². The molecule has 10 heteroatoms. The zero-order valence-electron chi connectivity index (χ0n) is 11.3. The molecule has 1 aromatic carbocycles. The highest BCUT2D eigenvalue weighted by atomic mass is 19.4. The second-order valence-corrected chi connectivity index (χ2v) is 4.94. The van der Waals surface area contributed by atoms with Crippen molar-refractivity contribution in [1.29, 1.82) is 0 Å². The molecule has 1 fully saturated rings. The zero-order valence-corrected chi connectivity index (χ0v) is 11.3. The summed E-state index contributed by atoms with van der Waals surface area (Å²) in [7, 11) is 0. The molecule has 4 nitrogen and oxygen atoms in total. The quantitative estimate of drug-likeness (QED) is 0.814. The molecular weight excluding hydrogens is 330 g/mol. The highest BCUT2D eigenvalue weighted by molar-refractivity contribution is 5.99. The Morgan fingerprint density at radius 1 is 1.04 bits per heavy atom. The van der Waals surface area contributed by atoms with Crippen LogP contribution >= 0.6 is 0 Å². The van der Waals surface area contributed by atoms with Gasteiger partial charge in [0.25, 0.3) is 0 Å². The van der Waals surface area contributed by atoms with Gasteiger partial charge in [0.05, 0.1) is 11.1 Å². The van der Waals surface area contributed by atoms with Gasteiger partial charge >= 0.3 is 12.4 Å². The van der Waals surface area contributed by atoms with Gasteiger partial charge < -0.3 is 10.6 Å². The summed E-state index contributed by atoms with van der Waals surface area (Å²) in [6, 6.07) is -0.202. The second-order valence-electron chi connectivity index (χ2n) is 4.94. The zero-order chi connectivity index (χ0) is 17.4. The molecule has 2 rings (SSSR count). The van der Waals surface area contributed by atoms with Crippen LogP contribution in [0.15, 0.2) is 18.2 Å². The first kappa shape index (κ1) is 17.1. The molecule has 0 aromatic heterocycles. The predicted molar refractivity (Wildman–Crippen MR) is 66.2 cm³/mol. The van der Waals surface area contributed by atoms with Gasteiger partial charge in [-0.15, -0.1) is 0 Å². The van der Waals surface area contributed by atoms with Crippen molar-refractivity contribution in [3.8, 4) is 0 Å². The van der Waals surface area contributed by atoms with Gasteiger partial charge in [-0.05, 0) is 24.6 Å². The fourth-order valence-electron chi connectivity index (χ4n) is 2.07. The largest absolute Gasteiger partial charge is 0.416 e. The van der Waals surface area contributed by atoms with Crippen molar-refractivity contribution >= 4 is 17.5 Å². The second kappa shape index (κ2) is 5.74. The molecule has 0 radical (unpaired) electrons. The SMILES string of the molecule is O=C1CCC(C(=O)Nc2cc(C(F)(F)F)cc(C(F)(F)F)c2)N1. The van der Waals surface area contributed by atoms with Crippen LogP contribution in [0, 0.1) is 0 Å². The lowest BCUT2D eigenvalue weighted by Gasteiger charge is -2.16. The number of anilines is 1. The van der Waals surface area contributed by atoms with Gasteiger partial charge in [-0.3, -0.25) is 9.59 Å². The lowest BCUT2D eigenvalue weighted by molar-refractivity contribution is -0.143. The van der Waals surface area contributed by atoms with E-state index in [4.69, 9.17) is 0 Å². The van der Waals surface area contributed by atoms with Crippen molar-refractivity contribution in [2.45, 2.75) is 31.2 Å². The van der Waals surface area contributed by atoms with E-state index in [1.54, 1.807) is 0 Å². The third-order valence-electron chi connectivity index (χ3n) is 3.17. The molecule has 1 aliphatic heterocycles. The van der Waals surface area contributed by atoms with Crippen molar-refractivity contribution in [2.24, 2.45) is 0 Å². The molecule has 1 saturated heterocycles. The number of halogens is 6. The highest BCUT2D eigenvalue weighted by Crippen LogP contribution is 2.37. The number of hydrogen-bond donors (Lipinski definition) is 2. The molecule has 1 aromatic rings. The van der Waals surface area contributed by atoms with Crippen molar-refractivity contribution in [3.05, 3.63) is 29.3 Å². The summed E-state index contributed by atoms with van der Waals surface area (Å²) < 4.78 is 76.1. The van der Waals surface area contributed by atoms with Gasteiger partial charge in [-0.1, -0.05) is 0 Å². The number of rotatable bonds is 2.